The Kier molecular flexibility index (Phi) is 4.94. The van der Waals surface area contributed by atoms with Crippen LogP contribution in [0, 0.1) is 29.6 Å². The number of aryl methyl sites for hydroxylation is 1. The number of ketones is 1. The summed E-state index contributed by atoms with van der Waals surface area (Å²) in [7, 11) is 0. The lowest BCUT2D eigenvalue weighted by Gasteiger charge is -2.37. The van der Waals surface area contributed by atoms with Crippen molar-refractivity contribution >= 4 is 46.0 Å². The van der Waals surface area contributed by atoms with E-state index in [0.717, 1.165) is 27.8 Å². The van der Waals surface area contributed by atoms with E-state index in [9.17, 15) is 14.4 Å². The molecule has 0 aromatic heterocycles. The molecule has 3 aromatic carbocycles. The van der Waals surface area contributed by atoms with Crippen molar-refractivity contribution in [3.8, 4) is 0 Å². The fraction of sp³-hybridized carbons (Fsp3) is 0.258. The molecule has 1 aliphatic heterocycles. The van der Waals surface area contributed by atoms with Gasteiger partial charge in [0.1, 0.15) is 0 Å². The molecule has 180 valence electrons. The molecule has 0 spiro atoms. The number of hydrogen-bond donors (Lipinski definition) is 0. The summed E-state index contributed by atoms with van der Waals surface area (Å²) in [4.78, 5) is 44.0. The lowest BCUT2D eigenvalue weighted by atomic mass is 9.62. The summed E-state index contributed by atoms with van der Waals surface area (Å²) < 4.78 is 0. The van der Waals surface area contributed by atoms with Gasteiger partial charge in [-0.1, -0.05) is 85.3 Å². The van der Waals surface area contributed by atoms with Crippen molar-refractivity contribution in [2.75, 3.05) is 4.90 Å². The first kappa shape index (κ1) is 22.9. The van der Waals surface area contributed by atoms with Gasteiger partial charge in [0.2, 0.25) is 11.8 Å². The summed E-state index contributed by atoms with van der Waals surface area (Å²) in [6.07, 6.45) is 0.435. The van der Waals surface area contributed by atoms with Crippen LogP contribution in [0.15, 0.2) is 78.9 Å². The quantitative estimate of drug-likeness (QED) is 0.395. The maximum Gasteiger partial charge on any atom is 0.239 e. The number of nitrogens with zero attached hydrogens (tertiary/aromatic N) is 1. The molecule has 6 rings (SSSR count). The molecular formula is C31H26ClNO3. The predicted molar refractivity (Wildman–Crippen MR) is 141 cm³/mol. The van der Waals surface area contributed by atoms with Crippen LogP contribution in [0.5, 0.6) is 0 Å². The van der Waals surface area contributed by atoms with Gasteiger partial charge in [-0.2, -0.15) is 0 Å². The molecule has 2 bridgehead atoms. The van der Waals surface area contributed by atoms with E-state index in [4.69, 9.17) is 11.6 Å². The molecule has 2 aliphatic carbocycles. The maximum atomic E-state index is 14.5. The SMILES string of the molecule is CC[C@@]12C(=O)[C@@](C)(C(c3ccccc3)=C1c1ccccc1)[C@@H]1C(=O)N(c3ccc(C)c(Cl)c3)C(=O)[C@@H]12. The first-order valence-corrected chi connectivity index (χ1v) is 12.7. The predicted octanol–water partition coefficient (Wildman–Crippen LogP) is 6.36. The van der Waals surface area contributed by atoms with Crippen LogP contribution in [0.1, 0.15) is 37.0 Å². The molecule has 1 heterocycles. The number of hydrogen-bond acceptors (Lipinski definition) is 3. The highest BCUT2D eigenvalue weighted by molar-refractivity contribution is 6.35. The van der Waals surface area contributed by atoms with E-state index in [1.54, 1.807) is 12.1 Å². The minimum Gasteiger partial charge on any atom is -0.298 e. The maximum absolute atomic E-state index is 14.5. The van der Waals surface area contributed by atoms with Crippen LogP contribution in [0.3, 0.4) is 0 Å². The zero-order valence-corrected chi connectivity index (χ0v) is 21.2. The first-order valence-electron chi connectivity index (χ1n) is 12.3. The van der Waals surface area contributed by atoms with Gasteiger partial charge in [-0.15, -0.1) is 0 Å². The minimum absolute atomic E-state index is 0.0199. The van der Waals surface area contributed by atoms with Crippen LogP contribution in [-0.2, 0) is 14.4 Å². The number of imide groups is 1. The van der Waals surface area contributed by atoms with E-state index < -0.39 is 22.7 Å². The minimum atomic E-state index is -1.12. The highest BCUT2D eigenvalue weighted by Gasteiger charge is 2.79. The van der Waals surface area contributed by atoms with Gasteiger partial charge in [-0.25, -0.2) is 4.90 Å². The third kappa shape index (κ3) is 2.63. The average molecular weight is 496 g/mol. The second-order valence-electron chi connectivity index (χ2n) is 10.2. The number of fused-ring (bicyclic) bond motifs is 5. The smallest absolute Gasteiger partial charge is 0.239 e. The zero-order chi connectivity index (χ0) is 25.4. The third-order valence-electron chi connectivity index (χ3n) is 8.65. The van der Waals surface area contributed by atoms with Gasteiger partial charge in [0.25, 0.3) is 0 Å². The second-order valence-corrected chi connectivity index (χ2v) is 10.6. The number of amides is 2. The van der Waals surface area contributed by atoms with Gasteiger partial charge in [0.05, 0.1) is 28.4 Å². The number of Topliss-reactive ketones (excluding diaryl/α,β-unsaturated/α-hetero) is 1. The standard InChI is InChI=1S/C31H26ClNO3/c1-4-31-24(20-13-9-6-10-14-20)23(19-11-7-5-8-12-19)30(3,29(31)36)25-26(31)28(35)33(27(25)34)21-16-15-18(2)22(32)17-21/h5-17,25-26H,4H2,1-3H3/t25-,26+,30-,31+/m0/s1. The number of anilines is 1. The molecule has 4 atom stereocenters. The summed E-state index contributed by atoms with van der Waals surface area (Å²) in [5, 5.41) is 0.494. The zero-order valence-electron chi connectivity index (χ0n) is 20.4. The Hall–Kier alpha value is -3.50. The van der Waals surface area contributed by atoms with E-state index in [1.807, 2.05) is 87.5 Å². The molecule has 0 radical (unpaired) electrons. The van der Waals surface area contributed by atoms with Crippen LogP contribution in [0.2, 0.25) is 5.02 Å². The topological polar surface area (TPSA) is 54.5 Å². The highest BCUT2D eigenvalue weighted by Crippen LogP contribution is 2.74. The Balaban J connectivity index is 1.64. The van der Waals surface area contributed by atoms with Crippen molar-refractivity contribution in [1.29, 1.82) is 0 Å². The van der Waals surface area contributed by atoms with Gasteiger partial charge in [0.15, 0.2) is 5.78 Å². The van der Waals surface area contributed by atoms with Crippen LogP contribution in [-0.4, -0.2) is 17.6 Å². The molecule has 5 heteroatoms. The van der Waals surface area contributed by atoms with Gasteiger partial charge >= 0.3 is 0 Å². The number of benzene rings is 3. The molecule has 1 saturated carbocycles. The van der Waals surface area contributed by atoms with Gasteiger partial charge in [0, 0.05) is 5.02 Å². The second kappa shape index (κ2) is 7.75. The molecule has 0 unspecified atom stereocenters. The molecule has 4 nitrogen and oxygen atoms in total. The van der Waals surface area contributed by atoms with Crippen molar-refractivity contribution < 1.29 is 14.4 Å². The van der Waals surface area contributed by atoms with E-state index in [-0.39, 0.29) is 17.6 Å². The van der Waals surface area contributed by atoms with Gasteiger partial charge in [-0.05, 0) is 60.2 Å². The molecule has 1 saturated heterocycles. The summed E-state index contributed by atoms with van der Waals surface area (Å²) in [5.74, 6) is -2.18. The monoisotopic (exact) mass is 495 g/mol. The van der Waals surface area contributed by atoms with E-state index in [0.29, 0.717) is 17.1 Å². The van der Waals surface area contributed by atoms with Crippen molar-refractivity contribution in [3.63, 3.8) is 0 Å². The number of carbonyl (C=O) groups is 3. The van der Waals surface area contributed by atoms with Crippen molar-refractivity contribution in [3.05, 3.63) is 101 Å². The summed E-state index contributed by atoms with van der Waals surface area (Å²) >= 11 is 6.38. The molecule has 2 amide bonds. The molecule has 0 N–H and O–H groups in total. The summed E-state index contributed by atoms with van der Waals surface area (Å²) in [6.45, 7) is 5.71. The lowest BCUT2D eigenvalue weighted by Crippen LogP contribution is -2.41. The third-order valence-corrected chi connectivity index (χ3v) is 9.05. The number of carbonyl (C=O) groups excluding carboxylic acids is 3. The van der Waals surface area contributed by atoms with Crippen LogP contribution in [0.25, 0.3) is 11.1 Å². The van der Waals surface area contributed by atoms with Crippen LogP contribution in [0.4, 0.5) is 5.69 Å². The molecular weight excluding hydrogens is 470 g/mol. The van der Waals surface area contributed by atoms with Crippen LogP contribution >= 0.6 is 11.6 Å². The Morgan fingerprint density at radius 3 is 1.92 bits per heavy atom. The number of allylic oxidation sites excluding steroid dienone is 2. The Labute approximate surface area is 215 Å². The van der Waals surface area contributed by atoms with Crippen molar-refractivity contribution in [2.45, 2.75) is 27.2 Å². The van der Waals surface area contributed by atoms with E-state index in [1.165, 1.54) is 4.90 Å². The van der Waals surface area contributed by atoms with E-state index in [2.05, 4.69) is 0 Å². The Morgan fingerprint density at radius 2 is 1.36 bits per heavy atom. The molecule has 2 fully saturated rings. The molecule has 36 heavy (non-hydrogen) atoms. The fourth-order valence-electron chi connectivity index (χ4n) is 7.10. The summed E-state index contributed by atoms with van der Waals surface area (Å²) in [5.41, 5.74) is 2.71. The lowest BCUT2D eigenvalue weighted by molar-refractivity contribution is -0.134. The Morgan fingerprint density at radius 1 is 0.806 bits per heavy atom. The molecule has 3 aliphatic rings. The number of halogens is 1. The average Bonchev–Trinajstić information content (AvgIpc) is 3.36. The fourth-order valence-corrected chi connectivity index (χ4v) is 7.28. The van der Waals surface area contributed by atoms with Crippen LogP contribution < -0.4 is 4.90 Å². The van der Waals surface area contributed by atoms with Gasteiger partial charge in [-0.3, -0.25) is 14.4 Å². The normalized spacial score (nSPS) is 28.9. The largest absolute Gasteiger partial charge is 0.298 e. The first-order chi connectivity index (χ1) is 17.3. The van der Waals surface area contributed by atoms with Crippen molar-refractivity contribution in [2.24, 2.45) is 22.7 Å². The molecule has 3 aromatic rings. The summed E-state index contributed by atoms with van der Waals surface area (Å²) in [6, 6.07) is 24.9. The number of rotatable bonds is 4. The van der Waals surface area contributed by atoms with E-state index >= 15 is 0 Å². The highest BCUT2D eigenvalue weighted by atomic mass is 35.5. The Bertz CT molecular complexity index is 1480. The van der Waals surface area contributed by atoms with Crippen molar-refractivity contribution in [1.82, 2.24) is 0 Å². The van der Waals surface area contributed by atoms with Gasteiger partial charge < -0.3 is 0 Å².